The van der Waals surface area contributed by atoms with Crippen LogP contribution in [0.3, 0.4) is 0 Å². The Labute approximate surface area is 134 Å². The molecule has 1 atom stereocenters. The van der Waals surface area contributed by atoms with Crippen LogP contribution in [0.5, 0.6) is 0 Å². The fourth-order valence-corrected chi connectivity index (χ4v) is 3.83. The van der Waals surface area contributed by atoms with Gasteiger partial charge in [-0.25, -0.2) is 14.4 Å². The van der Waals surface area contributed by atoms with Gasteiger partial charge in [0.2, 0.25) is 0 Å². The Balaban J connectivity index is 2.06. The van der Waals surface area contributed by atoms with Crippen molar-refractivity contribution in [2.24, 2.45) is 4.99 Å². The number of benzene rings is 1. The molecule has 1 aliphatic heterocycles. The van der Waals surface area contributed by atoms with E-state index in [1.54, 1.807) is 24.2 Å². The Bertz CT molecular complexity index is 715. The largest absolute Gasteiger partial charge is 0.275 e. The lowest BCUT2D eigenvalue weighted by molar-refractivity contribution is 0.404. The second-order valence-electron chi connectivity index (χ2n) is 6.38. The summed E-state index contributed by atoms with van der Waals surface area (Å²) in [7, 11) is 0. The van der Waals surface area contributed by atoms with Crippen LogP contribution in [0.2, 0.25) is 0 Å². The molecule has 0 radical (unpaired) electrons. The second-order valence-corrected chi connectivity index (χ2v) is 7.94. The summed E-state index contributed by atoms with van der Waals surface area (Å²) in [6, 6.07) is 5.21. The predicted molar refractivity (Wildman–Crippen MR) is 89.6 cm³/mol. The van der Waals surface area contributed by atoms with Gasteiger partial charge in [0.15, 0.2) is 0 Å². The van der Waals surface area contributed by atoms with E-state index in [1.165, 1.54) is 12.4 Å². The normalized spacial score (nSPS) is 23.5. The zero-order valence-electron chi connectivity index (χ0n) is 12.9. The van der Waals surface area contributed by atoms with Crippen LogP contribution in [0.1, 0.15) is 32.8 Å². The van der Waals surface area contributed by atoms with Crippen molar-refractivity contribution in [3.8, 4) is 11.1 Å². The number of hydrogen-bond acceptors (Lipinski definition) is 4. The topological polar surface area (TPSA) is 38.1 Å². The van der Waals surface area contributed by atoms with Crippen LogP contribution in [0, 0.1) is 5.82 Å². The molecule has 3 rings (SSSR count). The first-order valence-electron chi connectivity index (χ1n) is 7.17. The highest BCUT2D eigenvalue weighted by atomic mass is 32.2. The van der Waals surface area contributed by atoms with E-state index in [1.807, 2.05) is 17.7 Å². The number of rotatable bonds is 2. The van der Waals surface area contributed by atoms with Crippen LogP contribution in [-0.2, 0) is 5.54 Å². The second kappa shape index (κ2) is 5.47. The molecule has 0 spiro atoms. The van der Waals surface area contributed by atoms with Gasteiger partial charge < -0.3 is 0 Å². The summed E-state index contributed by atoms with van der Waals surface area (Å²) in [6.45, 7) is 6.51. The highest BCUT2D eigenvalue weighted by molar-refractivity contribution is 8.13. The number of halogens is 1. The molecule has 5 heteroatoms. The average molecular weight is 315 g/mol. The van der Waals surface area contributed by atoms with Gasteiger partial charge in [-0.1, -0.05) is 19.9 Å². The summed E-state index contributed by atoms with van der Waals surface area (Å²) in [5, 5.41) is 0. The van der Waals surface area contributed by atoms with Gasteiger partial charge in [-0.2, -0.15) is 0 Å². The number of hydrogen-bond donors (Lipinski definition) is 0. The third kappa shape index (κ3) is 2.90. The number of aromatic nitrogens is 2. The first-order valence-corrected chi connectivity index (χ1v) is 8.05. The molecule has 114 valence electrons. The average Bonchev–Trinajstić information content (AvgIpc) is 2.47. The lowest BCUT2D eigenvalue weighted by atomic mass is 9.83. The van der Waals surface area contributed by atoms with Crippen LogP contribution in [0.15, 0.2) is 41.9 Å². The van der Waals surface area contributed by atoms with E-state index in [4.69, 9.17) is 0 Å². The predicted octanol–water partition coefficient (Wildman–Crippen LogP) is 4.44. The summed E-state index contributed by atoms with van der Waals surface area (Å²) in [5.74, 6) is -0.268. The van der Waals surface area contributed by atoms with E-state index in [0.29, 0.717) is 11.1 Å². The minimum Gasteiger partial charge on any atom is -0.275 e. The van der Waals surface area contributed by atoms with E-state index in [9.17, 15) is 4.39 Å². The molecule has 2 heterocycles. The summed E-state index contributed by atoms with van der Waals surface area (Å²) < 4.78 is 14.3. The van der Waals surface area contributed by atoms with Crippen molar-refractivity contribution in [1.82, 2.24) is 9.97 Å². The number of aliphatic imine (C=N–C) groups is 1. The van der Waals surface area contributed by atoms with Crippen LogP contribution in [0.4, 0.5) is 4.39 Å². The lowest BCUT2D eigenvalue weighted by Gasteiger charge is -2.37. The maximum Gasteiger partial charge on any atom is 0.131 e. The van der Waals surface area contributed by atoms with Crippen molar-refractivity contribution < 1.29 is 4.39 Å². The Morgan fingerprint density at radius 2 is 1.86 bits per heavy atom. The first kappa shape index (κ1) is 15.2. The monoisotopic (exact) mass is 315 g/mol. The Hall–Kier alpha value is -1.75. The minimum absolute atomic E-state index is 0.112. The third-order valence-electron chi connectivity index (χ3n) is 3.94. The van der Waals surface area contributed by atoms with E-state index < -0.39 is 0 Å². The van der Waals surface area contributed by atoms with Crippen LogP contribution >= 0.6 is 11.8 Å². The van der Waals surface area contributed by atoms with E-state index in [0.717, 1.165) is 12.0 Å². The molecular formula is C17H18FN3S. The zero-order valence-corrected chi connectivity index (χ0v) is 13.7. The highest BCUT2D eigenvalue weighted by Crippen LogP contribution is 2.44. The molecule has 1 unspecified atom stereocenters. The Morgan fingerprint density at radius 1 is 1.14 bits per heavy atom. The maximum atomic E-state index is 14.2. The Kier molecular flexibility index (Phi) is 3.77. The van der Waals surface area contributed by atoms with Gasteiger partial charge in [0.25, 0.3) is 0 Å². The van der Waals surface area contributed by atoms with Gasteiger partial charge in [0.05, 0.1) is 11.1 Å². The summed E-state index contributed by atoms with van der Waals surface area (Å²) >= 11 is 1.74. The van der Waals surface area contributed by atoms with E-state index in [-0.39, 0.29) is 16.1 Å². The van der Waals surface area contributed by atoms with Crippen molar-refractivity contribution in [2.75, 3.05) is 0 Å². The number of thioether (sulfide) groups is 1. The molecule has 0 N–H and O–H groups in total. The van der Waals surface area contributed by atoms with Crippen LogP contribution < -0.4 is 0 Å². The quantitative estimate of drug-likeness (QED) is 0.822. The lowest BCUT2D eigenvalue weighted by Crippen LogP contribution is -2.33. The molecule has 1 aliphatic rings. The van der Waals surface area contributed by atoms with Gasteiger partial charge in [0, 0.05) is 28.3 Å². The van der Waals surface area contributed by atoms with Gasteiger partial charge in [0.1, 0.15) is 12.1 Å². The molecule has 3 nitrogen and oxygen atoms in total. The molecule has 0 fully saturated rings. The molecule has 0 saturated carbocycles. The Morgan fingerprint density at radius 3 is 2.55 bits per heavy atom. The molecule has 2 aromatic rings. The number of nitrogens with zero attached hydrogens (tertiary/aromatic N) is 3. The van der Waals surface area contributed by atoms with Crippen molar-refractivity contribution in [3.05, 3.63) is 48.3 Å². The molecular weight excluding hydrogens is 297 g/mol. The fraction of sp³-hybridized carbons (Fsp3) is 0.353. The zero-order chi connectivity index (χ0) is 15.8. The molecule has 0 amide bonds. The van der Waals surface area contributed by atoms with Crippen molar-refractivity contribution >= 4 is 17.3 Å². The molecule has 1 aromatic carbocycles. The van der Waals surface area contributed by atoms with Crippen molar-refractivity contribution in [2.45, 2.75) is 37.5 Å². The van der Waals surface area contributed by atoms with Gasteiger partial charge in [-0.15, -0.1) is 11.8 Å². The molecule has 0 bridgehead atoms. The van der Waals surface area contributed by atoms with Crippen LogP contribution in [0.25, 0.3) is 11.1 Å². The SMILES string of the molecule is CC1(C)CC(C)(c2ccc(F)c(-c3cncnc3)c2)N=CS1. The summed E-state index contributed by atoms with van der Waals surface area (Å²) in [4.78, 5) is 12.6. The molecule has 22 heavy (non-hydrogen) atoms. The molecule has 0 aliphatic carbocycles. The van der Waals surface area contributed by atoms with Gasteiger partial charge >= 0.3 is 0 Å². The summed E-state index contributed by atoms with van der Waals surface area (Å²) in [5.41, 5.74) is 3.78. The van der Waals surface area contributed by atoms with Crippen molar-refractivity contribution in [1.29, 1.82) is 0 Å². The van der Waals surface area contributed by atoms with E-state index >= 15 is 0 Å². The van der Waals surface area contributed by atoms with Gasteiger partial charge in [-0.05, 0) is 31.0 Å². The minimum atomic E-state index is -0.340. The maximum absolute atomic E-state index is 14.2. The van der Waals surface area contributed by atoms with Crippen molar-refractivity contribution in [3.63, 3.8) is 0 Å². The highest BCUT2D eigenvalue weighted by Gasteiger charge is 2.37. The first-order chi connectivity index (χ1) is 10.4. The van der Waals surface area contributed by atoms with E-state index in [2.05, 4.69) is 35.7 Å². The molecule has 0 saturated heterocycles. The van der Waals surface area contributed by atoms with Crippen LogP contribution in [-0.4, -0.2) is 20.3 Å². The fourth-order valence-electron chi connectivity index (χ4n) is 2.90. The standard InChI is InChI=1S/C17H18FN3S/c1-16(2)9-17(3,21-11-22-16)13-4-5-15(18)14(6-13)12-7-19-10-20-8-12/h4-8,10-11H,9H2,1-3H3. The third-order valence-corrected chi connectivity index (χ3v) is 4.93. The van der Waals surface area contributed by atoms with Gasteiger partial charge in [-0.3, -0.25) is 4.99 Å². The molecule has 1 aromatic heterocycles. The smallest absolute Gasteiger partial charge is 0.131 e. The summed E-state index contributed by atoms with van der Waals surface area (Å²) in [6.07, 6.45) is 5.60.